The average molecular weight is 237 g/mol. The molecule has 0 saturated carbocycles. The second-order valence-electron chi connectivity index (χ2n) is 4.36. The SMILES string of the molecule is CCC(C)NCCSc1ccc(C)c(C)c1. The van der Waals surface area contributed by atoms with E-state index in [-0.39, 0.29) is 0 Å². The van der Waals surface area contributed by atoms with Gasteiger partial charge in [0.25, 0.3) is 0 Å². The van der Waals surface area contributed by atoms with Crippen molar-refractivity contribution in [1.82, 2.24) is 5.32 Å². The first-order valence-electron chi connectivity index (χ1n) is 6.07. The molecular formula is C14H23NS. The van der Waals surface area contributed by atoms with Gasteiger partial charge in [0, 0.05) is 23.2 Å². The molecule has 0 radical (unpaired) electrons. The summed E-state index contributed by atoms with van der Waals surface area (Å²) in [6, 6.07) is 7.35. The average Bonchev–Trinajstić information content (AvgIpc) is 2.28. The molecule has 0 amide bonds. The number of hydrogen-bond donors (Lipinski definition) is 1. The van der Waals surface area contributed by atoms with Crippen LogP contribution in [-0.2, 0) is 0 Å². The van der Waals surface area contributed by atoms with Crippen molar-refractivity contribution in [2.45, 2.75) is 45.1 Å². The third kappa shape index (κ3) is 4.58. The molecule has 90 valence electrons. The van der Waals surface area contributed by atoms with Gasteiger partial charge in [-0.15, -0.1) is 11.8 Å². The van der Waals surface area contributed by atoms with Gasteiger partial charge in [0.05, 0.1) is 0 Å². The normalized spacial score (nSPS) is 12.8. The minimum Gasteiger partial charge on any atom is -0.313 e. The van der Waals surface area contributed by atoms with E-state index in [4.69, 9.17) is 0 Å². The second kappa shape index (κ2) is 6.97. The number of thioether (sulfide) groups is 1. The summed E-state index contributed by atoms with van der Waals surface area (Å²) in [6.07, 6.45) is 1.20. The van der Waals surface area contributed by atoms with E-state index in [2.05, 4.69) is 51.2 Å². The van der Waals surface area contributed by atoms with Crippen molar-refractivity contribution in [3.63, 3.8) is 0 Å². The molecule has 0 aliphatic heterocycles. The Morgan fingerprint density at radius 1 is 1.25 bits per heavy atom. The number of rotatable bonds is 6. The first-order chi connectivity index (χ1) is 7.63. The fourth-order valence-corrected chi connectivity index (χ4v) is 2.30. The van der Waals surface area contributed by atoms with E-state index >= 15 is 0 Å². The zero-order valence-electron chi connectivity index (χ0n) is 10.8. The molecule has 0 aromatic heterocycles. The van der Waals surface area contributed by atoms with Gasteiger partial charge in [-0.3, -0.25) is 0 Å². The van der Waals surface area contributed by atoms with Crippen LogP contribution in [0.4, 0.5) is 0 Å². The molecule has 0 heterocycles. The molecule has 0 bridgehead atoms. The van der Waals surface area contributed by atoms with Crippen LogP contribution in [0.5, 0.6) is 0 Å². The standard InChI is InChI=1S/C14H23NS/c1-5-13(4)15-8-9-16-14-7-6-11(2)12(3)10-14/h6-7,10,13,15H,5,8-9H2,1-4H3. The monoisotopic (exact) mass is 237 g/mol. The van der Waals surface area contributed by atoms with Crippen molar-refractivity contribution in [3.05, 3.63) is 29.3 Å². The van der Waals surface area contributed by atoms with Crippen LogP contribution in [-0.4, -0.2) is 18.3 Å². The lowest BCUT2D eigenvalue weighted by atomic mass is 10.1. The maximum atomic E-state index is 3.51. The smallest absolute Gasteiger partial charge is 0.0106 e. The Balaban J connectivity index is 2.29. The van der Waals surface area contributed by atoms with Crippen molar-refractivity contribution >= 4 is 11.8 Å². The molecule has 0 aliphatic carbocycles. The summed E-state index contributed by atoms with van der Waals surface area (Å²) in [6.45, 7) is 9.88. The Morgan fingerprint density at radius 2 is 2.00 bits per heavy atom. The van der Waals surface area contributed by atoms with Crippen LogP contribution >= 0.6 is 11.8 Å². The predicted octanol–water partition coefficient (Wildman–Crippen LogP) is 3.78. The van der Waals surface area contributed by atoms with Gasteiger partial charge in [-0.1, -0.05) is 13.0 Å². The van der Waals surface area contributed by atoms with Gasteiger partial charge in [-0.05, 0) is 50.5 Å². The van der Waals surface area contributed by atoms with Crippen molar-refractivity contribution in [3.8, 4) is 0 Å². The third-order valence-corrected chi connectivity index (χ3v) is 3.95. The Morgan fingerprint density at radius 3 is 2.62 bits per heavy atom. The second-order valence-corrected chi connectivity index (χ2v) is 5.53. The van der Waals surface area contributed by atoms with Gasteiger partial charge in [-0.2, -0.15) is 0 Å². The van der Waals surface area contributed by atoms with Crippen LogP contribution in [0.25, 0.3) is 0 Å². The van der Waals surface area contributed by atoms with Crippen molar-refractivity contribution in [1.29, 1.82) is 0 Å². The lowest BCUT2D eigenvalue weighted by Gasteiger charge is -2.11. The van der Waals surface area contributed by atoms with E-state index in [0.29, 0.717) is 6.04 Å². The molecule has 1 nitrogen and oxygen atoms in total. The lowest BCUT2D eigenvalue weighted by Crippen LogP contribution is -2.27. The van der Waals surface area contributed by atoms with Crippen LogP contribution in [0.15, 0.2) is 23.1 Å². The molecule has 0 fully saturated rings. The van der Waals surface area contributed by atoms with Crippen LogP contribution in [0.3, 0.4) is 0 Å². The summed E-state index contributed by atoms with van der Waals surface area (Å²) in [4.78, 5) is 1.38. The van der Waals surface area contributed by atoms with Gasteiger partial charge in [-0.25, -0.2) is 0 Å². The molecule has 0 saturated heterocycles. The molecule has 1 atom stereocenters. The minimum absolute atomic E-state index is 0.639. The zero-order chi connectivity index (χ0) is 12.0. The highest BCUT2D eigenvalue weighted by Gasteiger charge is 1.99. The molecular weight excluding hydrogens is 214 g/mol. The summed E-state index contributed by atoms with van der Waals surface area (Å²) < 4.78 is 0. The van der Waals surface area contributed by atoms with E-state index < -0.39 is 0 Å². The minimum atomic E-state index is 0.639. The van der Waals surface area contributed by atoms with E-state index in [1.807, 2.05) is 11.8 Å². The number of aryl methyl sites for hydroxylation is 2. The Bertz CT molecular complexity index is 323. The fraction of sp³-hybridized carbons (Fsp3) is 0.571. The van der Waals surface area contributed by atoms with Gasteiger partial charge in [0.1, 0.15) is 0 Å². The van der Waals surface area contributed by atoms with Gasteiger partial charge in [0.15, 0.2) is 0 Å². The molecule has 16 heavy (non-hydrogen) atoms. The zero-order valence-corrected chi connectivity index (χ0v) is 11.7. The number of hydrogen-bond acceptors (Lipinski definition) is 2. The summed E-state index contributed by atoms with van der Waals surface area (Å²) in [7, 11) is 0. The summed E-state index contributed by atoms with van der Waals surface area (Å²) in [5.41, 5.74) is 2.77. The van der Waals surface area contributed by atoms with Gasteiger partial charge in [0.2, 0.25) is 0 Å². The molecule has 1 unspecified atom stereocenters. The Kier molecular flexibility index (Phi) is 5.93. The molecule has 0 spiro atoms. The predicted molar refractivity (Wildman–Crippen MR) is 74.4 cm³/mol. The number of benzene rings is 1. The molecule has 1 N–H and O–H groups in total. The van der Waals surface area contributed by atoms with Gasteiger partial charge < -0.3 is 5.32 Å². The Labute approximate surface area is 104 Å². The van der Waals surface area contributed by atoms with Crippen molar-refractivity contribution in [2.24, 2.45) is 0 Å². The van der Waals surface area contributed by atoms with Crippen LogP contribution in [0.1, 0.15) is 31.4 Å². The third-order valence-electron chi connectivity index (χ3n) is 2.95. The molecule has 2 heteroatoms. The highest BCUT2D eigenvalue weighted by atomic mass is 32.2. The van der Waals surface area contributed by atoms with E-state index in [0.717, 1.165) is 12.3 Å². The van der Waals surface area contributed by atoms with E-state index in [1.165, 1.54) is 22.4 Å². The molecule has 0 aliphatic rings. The summed E-state index contributed by atoms with van der Waals surface area (Å²) in [5.74, 6) is 1.15. The number of nitrogens with one attached hydrogen (secondary N) is 1. The molecule has 1 aromatic rings. The van der Waals surface area contributed by atoms with Crippen LogP contribution in [0, 0.1) is 13.8 Å². The van der Waals surface area contributed by atoms with E-state index in [1.54, 1.807) is 0 Å². The maximum absolute atomic E-state index is 3.51. The topological polar surface area (TPSA) is 12.0 Å². The van der Waals surface area contributed by atoms with Crippen molar-refractivity contribution < 1.29 is 0 Å². The Hall–Kier alpha value is -0.470. The largest absolute Gasteiger partial charge is 0.313 e. The van der Waals surface area contributed by atoms with Crippen LogP contribution in [0.2, 0.25) is 0 Å². The molecule has 1 aromatic carbocycles. The first kappa shape index (κ1) is 13.6. The summed E-state index contributed by atoms with van der Waals surface area (Å²) >= 11 is 1.93. The van der Waals surface area contributed by atoms with E-state index in [9.17, 15) is 0 Å². The molecule has 1 rings (SSSR count). The highest BCUT2D eigenvalue weighted by molar-refractivity contribution is 7.99. The quantitative estimate of drug-likeness (QED) is 0.597. The van der Waals surface area contributed by atoms with Gasteiger partial charge >= 0.3 is 0 Å². The first-order valence-corrected chi connectivity index (χ1v) is 7.05. The maximum Gasteiger partial charge on any atom is 0.0106 e. The van der Waals surface area contributed by atoms with Crippen molar-refractivity contribution in [2.75, 3.05) is 12.3 Å². The fourth-order valence-electron chi connectivity index (χ4n) is 1.42. The highest BCUT2D eigenvalue weighted by Crippen LogP contribution is 2.20. The van der Waals surface area contributed by atoms with Crippen LogP contribution < -0.4 is 5.32 Å². The summed E-state index contributed by atoms with van der Waals surface area (Å²) in [5, 5.41) is 3.51. The lowest BCUT2D eigenvalue weighted by molar-refractivity contribution is 0.555.